The molecule has 3 rings (SSSR count). The van der Waals surface area contributed by atoms with Crippen molar-refractivity contribution in [1.29, 1.82) is 0 Å². The fraction of sp³-hybridized carbons (Fsp3) is 0.680. The normalized spacial score (nSPS) is 33.8. The molecule has 5 nitrogen and oxygen atoms in total. The van der Waals surface area contributed by atoms with E-state index in [1.807, 2.05) is 40.7 Å². The van der Waals surface area contributed by atoms with Gasteiger partial charge in [0.25, 0.3) is 0 Å². The maximum Gasteiger partial charge on any atom is 0.306 e. The number of aliphatic hydroxyl groups excluding tert-OH is 2. The average molecular weight is 417 g/mol. The van der Waals surface area contributed by atoms with E-state index in [-0.39, 0.29) is 41.9 Å². The van der Waals surface area contributed by atoms with Gasteiger partial charge in [0.2, 0.25) is 5.78 Å². The largest absolute Gasteiger partial charge is 0.504 e. The number of carbonyl (C=O) groups excluding carboxylic acids is 2. The smallest absolute Gasteiger partial charge is 0.306 e. The van der Waals surface area contributed by atoms with Crippen molar-refractivity contribution in [3.8, 4) is 0 Å². The summed E-state index contributed by atoms with van der Waals surface area (Å²) in [6.45, 7) is 12.1. The van der Waals surface area contributed by atoms with Gasteiger partial charge in [0.1, 0.15) is 0 Å². The zero-order valence-corrected chi connectivity index (χ0v) is 19.1. The Morgan fingerprint density at radius 3 is 2.50 bits per heavy atom. The van der Waals surface area contributed by atoms with E-state index in [1.54, 1.807) is 6.08 Å². The van der Waals surface area contributed by atoms with Crippen LogP contribution in [-0.4, -0.2) is 34.7 Å². The molecule has 2 N–H and O–H groups in total. The predicted molar refractivity (Wildman–Crippen MR) is 116 cm³/mol. The van der Waals surface area contributed by atoms with E-state index in [4.69, 9.17) is 4.74 Å². The van der Waals surface area contributed by atoms with E-state index < -0.39 is 16.9 Å². The van der Waals surface area contributed by atoms with Gasteiger partial charge in [-0.15, -0.1) is 0 Å². The van der Waals surface area contributed by atoms with E-state index in [2.05, 4.69) is 6.92 Å². The summed E-state index contributed by atoms with van der Waals surface area (Å²) < 4.78 is 5.64. The first kappa shape index (κ1) is 22.8. The number of Topliss-reactive ketones (excluding diaryl/α,β-unsaturated/α-hetero) is 1. The molecule has 3 aliphatic carbocycles. The second-order valence-electron chi connectivity index (χ2n) is 10.6. The molecule has 0 aromatic rings. The second kappa shape index (κ2) is 7.99. The van der Waals surface area contributed by atoms with Gasteiger partial charge in [-0.05, 0) is 42.4 Å². The highest BCUT2D eigenvalue weighted by Crippen LogP contribution is 2.61. The SMILES string of the molecule is CC(C)CC(=O)OCC1(C)CCCC2(C)C3=C(O)C(=O)C(C(C)C)=CC3=CC(O)C12. The Hall–Kier alpha value is -1.88. The number of hydrogen-bond donors (Lipinski definition) is 2. The first-order valence-electron chi connectivity index (χ1n) is 11.2. The summed E-state index contributed by atoms with van der Waals surface area (Å²) in [4.78, 5) is 25.0. The average Bonchev–Trinajstić information content (AvgIpc) is 2.61. The molecule has 4 atom stereocenters. The number of ether oxygens (including phenoxy) is 1. The van der Waals surface area contributed by atoms with Crippen molar-refractivity contribution >= 4 is 11.8 Å². The molecular formula is C25H36O5. The molecule has 0 amide bonds. The van der Waals surface area contributed by atoms with Crippen LogP contribution in [0.3, 0.4) is 0 Å². The molecule has 0 aromatic carbocycles. The van der Waals surface area contributed by atoms with E-state index in [9.17, 15) is 19.8 Å². The number of carbonyl (C=O) groups is 2. The van der Waals surface area contributed by atoms with Gasteiger partial charge in [0, 0.05) is 34.3 Å². The fourth-order valence-electron chi connectivity index (χ4n) is 5.94. The van der Waals surface area contributed by atoms with Crippen molar-refractivity contribution in [2.45, 2.75) is 73.3 Å². The molecular weight excluding hydrogens is 380 g/mol. The molecule has 0 aliphatic heterocycles. The van der Waals surface area contributed by atoms with Crippen LogP contribution in [0.5, 0.6) is 0 Å². The van der Waals surface area contributed by atoms with Crippen LogP contribution in [0.25, 0.3) is 0 Å². The number of esters is 1. The van der Waals surface area contributed by atoms with Crippen molar-refractivity contribution in [3.05, 3.63) is 34.6 Å². The van der Waals surface area contributed by atoms with Gasteiger partial charge < -0.3 is 14.9 Å². The highest BCUT2D eigenvalue weighted by Gasteiger charge is 2.57. The summed E-state index contributed by atoms with van der Waals surface area (Å²) in [5, 5.41) is 22.1. The van der Waals surface area contributed by atoms with Crippen molar-refractivity contribution in [2.24, 2.45) is 28.6 Å². The van der Waals surface area contributed by atoms with Crippen molar-refractivity contribution in [3.63, 3.8) is 0 Å². The monoisotopic (exact) mass is 416 g/mol. The third-order valence-corrected chi connectivity index (χ3v) is 7.22. The summed E-state index contributed by atoms with van der Waals surface area (Å²) in [6, 6.07) is 0. The first-order chi connectivity index (χ1) is 13.9. The minimum atomic E-state index is -0.742. The third-order valence-electron chi connectivity index (χ3n) is 7.22. The van der Waals surface area contributed by atoms with Crippen molar-refractivity contribution in [1.82, 2.24) is 0 Å². The van der Waals surface area contributed by atoms with E-state index in [0.29, 0.717) is 17.6 Å². The lowest BCUT2D eigenvalue weighted by Gasteiger charge is -2.56. The Labute approximate surface area is 179 Å². The number of hydrogen-bond acceptors (Lipinski definition) is 5. The van der Waals surface area contributed by atoms with E-state index in [1.165, 1.54) is 0 Å². The number of allylic oxidation sites excluding steroid dienone is 4. The van der Waals surface area contributed by atoms with Gasteiger partial charge in [-0.25, -0.2) is 0 Å². The fourth-order valence-corrected chi connectivity index (χ4v) is 5.94. The van der Waals surface area contributed by atoms with Crippen LogP contribution in [0.2, 0.25) is 0 Å². The molecule has 166 valence electrons. The number of ketones is 1. The van der Waals surface area contributed by atoms with Crippen LogP contribution in [-0.2, 0) is 14.3 Å². The van der Waals surface area contributed by atoms with Crippen LogP contribution in [0.4, 0.5) is 0 Å². The maximum absolute atomic E-state index is 12.9. The lowest BCUT2D eigenvalue weighted by atomic mass is 9.48. The van der Waals surface area contributed by atoms with Gasteiger partial charge in [0.05, 0.1) is 12.7 Å². The molecule has 0 saturated heterocycles. The molecule has 0 bridgehead atoms. The summed E-state index contributed by atoms with van der Waals surface area (Å²) in [7, 11) is 0. The minimum absolute atomic E-state index is 0.0123. The van der Waals surface area contributed by atoms with E-state index in [0.717, 1.165) is 24.8 Å². The third kappa shape index (κ3) is 3.77. The zero-order valence-electron chi connectivity index (χ0n) is 19.1. The zero-order chi connectivity index (χ0) is 22.4. The number of rotatable bonds is 5. The molecule has 1 saturated carbocycles. The van der Waals surface area contributed by atoms with Crippen LogP contribution in [0, 0.1) is 28.6 Å². The molecule has 5 heteroatoms. The topological polar surface area (TPSA) is 83.8 Å². The first-order valence-corrected chi connectivity index (χ1v) is 11.2. The quantitative estimate of drug-likeness (QED) is 0.637. The Morgan fingerprint density at radius 2 is 1.90 bits per heavy atom. The molecule has 4 unspecified atom stereocenters. The summed E-state index contributed by atoms with van der Waals surface area (Å²) in [5.74, 6) is -0.767. The molecule has 0 aromatic heterocycles. The van der Waals surface area contributed by atoms with Gasteiger partial charge in [-0.3, -0.25) is 9.59 Å². The van der Waals surface area contributed by atoms with Gasteiger partial charge in [-0.1, -0.05) is 48.0 Å². The predicted octanol–water partition coefficient (Wildman–Crippen LogP) is 4.67. The van der Waals surface area contributed by atoms with Gasteiger partial charge >= 0.3 is 5.97 Å². The van der Waals surface area contributed by atoms with Crippen LogP contribution < -0.4 is 0 Å². The van der Waals surface area contributed by atoms with Crippen LogP contribution >= 0.6 is 0 Å². The molecule has 30 heavy (non-hydrogen) atoms. The summed E-state index contributed by atoms with van der Waals surface area (Å²) >= 11 is 0. The molecule has 0 radical (unpaired) electrons. The highest BCUT2D eigenvalue weighted by molar-refractivity contribution is 6.10. The van der Waals surface area contributed by atoms with Crippen molar-refractivity contribution < 1.29 is 24.5 Å². The molecule has 0 heterocycles. The molecule has 0 spiro atoms. The Balaban J connectivity index is 2.00. The van der Waals surface area contributed by atoms with Crippen LogP contribution in [0.15, 0.2) is 34.6 Å². The summed E-state index contributed by atoms with van der Waals surface area (Å²) in [6.07, 6.45) is 5.68. The Kier molecular flexibility index (Phi) is 6.07. The standard InChI is InChI=1S/C25H36O5/c1-14(2)10-19(27)30-13-24(5)8-7-9-25(6)20-16(12-18(26)23(24)25)11-17(15(3)4)21(28)22(20)29/h11-12,14-15,18,23,26,29H,7-10,13H2,1-6H3. The maximum atomic E-state index is 12.9. The highest BCUT2D eigenvalue weighted by atomic mass is 16.5. The Bertz CT molecular complexity index is 830. The summed E-state index contributed by atoms with van der Waals surface area (Å²) in [5.41, 5.74) is 0.951. The van der Waals surface area contributed by atoms with Crippen molar-refractivity contribution in [2.75, 3.05) is 6.61 Å². The van der Waals surface area contributed by atoms with E-state index >= 15 is 0 Å². The minimum Gasteiger partial charge on any atom is -0.504 e. The molecule has 3 aliphatic rings. The van der Waals surface area contributed by atoms with Gasteiger partial charge in [-0.2, -0.15) is 0 Å². The lowest BCUT2D eigenvalue weighted by Crippen LogP contribution is -2.55. The number of fused-ring (bicyclic) bond motifs is 3. The lowest BCUT2D eigenvalue weighted by molar-refractivity contribution is -0.156. The number of aliphatic hydroxyl groups is 2. The van der Waals surface area contributed by atoms with Gasteiger partial charge in [0.15, 0.2) is 5.76 Å². The van der Waals surface area contributed by atoms with Crippen LogP contribution in [0.1, 0.15) is 67.2 Å². The second-order valence-corrected chi connectivity index (χ2v) is 10.6. The Morgan fingerprint density at radius 1 is 1.23 bits per heavy atom. The molecule has 1 fully saturated rings.